The second-order valence-electron chi connectivity index (χ2n) is 4.19. The third-order valence-electron chi connectivity index (χ3n) is 2.37. The molecular formula is C11H14F2N2O2S2. The fraction of sp³-hybridized carbons (Fsp3) is 0.364. The van der Waals surface area contributed by atoms with Crippen molar-refractivity contribution in [2.45, 2.75) is 24.8 Å². The first-order valence-corrected chi connectivity index (χ1v) is 7.26. The summed E-state index contributed by atoms with van der Waals surface area (Å²) in [6.45, 7) is 2.95. The number of rotatable bonds is 5. The van der Waals surface area contributed by atoms with E-state index in [4.69, 9.17) is 5.73 Å². The van der Waals surface area contributed by atoms with Crippen molar-refractivity contribution >= 4 is 27.2 Å². The molecule has 0 saturated carbocycles. The summed E-state index contributed by atoms with van der Waals surface area (Å²) in [5.74, 6) is -1.85. The lowest BCUT2D eigenvalue weighted by Crippen LogP contribution is -2.42. The van der Waals surface area contributed by atoms with Gasteiger partial charge in [-0.05, 0) is 32.0 Å². The maximum Gasteiger partial charge on any atom is 0.246 e. The van der Waals surface area contributed by atoms with E-state index in [0.29, 0.717) is 6.07 Å². The summed E-state index contributed by atoms with van der Waals surface area (Å²) in [5, 5.41) is 0. The fourth-order valence-electron chi connectivity index (χ4n) is 1.50. The van der Waals surface area contributed by atoms with Gasteiger partial charge in [0.25, 0.3) is 0 Å². The SMILES string of the molecule is CC(C)N(CC(N)=S)S(=O)(=O)c1cc(F)ccc1F. The van der Waals surface area contributed by atoms with E-state index in [0.717, 1.165) is 16.4 Å². The Kier molecular flexibility index (Phi) is 4.94. The molecule has 0 aliphatic heterocycles. The minimum atomic E-state index is -4.20. The van der Waals surface area contributed by atoms with Crippen molar-refractivity contribution < 1.29 is 17.2 Å². The lowest BCUT2D eigenvalue weighted by Gasteiger charge is -2.25. The standard InChI is InChI=1S/C11H14F2N2O2S2/c1-7(2)15(6-11(14)18)19(16,17)10-5-8(12)3-4-9(10)13/h3-5,7H,6H2,1-2H3,(H2,14,18). The molecule has 0 aromatic heterocycles. The summed E-state index contributed by atoms with van der Waals surface area (Å²) in [7, 11) is -4.20. The molecule has 0 saturated heterocycles. The van der Waals surface area contributed by atoms with E-state index < -0.39 is 32.6 Å². The monoisotopic (exact) mass is 308 g/mol. The van der Waals surface area contributed by atoms with Gasteiger partial charge in [-0.1, -0.05) is 12.2 Å². The summed E-state index contributed by atoms with van der Waals surface area (Å²) >= 11 is 4.67. The fourth-order valence-corrected chi connectivity index (χ4v) is 3.41. The first-order valence-electron chi connectivity index (χ1n) is 5.41. The van der Waals surface area contributed by atoms with Gasteiger partial charge in [0.05, 0.1) is 11.5 Å². The molecule has 0 aliphatic rings. The number of thiocarbonyl (C=S) groups is 1. The Balaban J connectivity index is 3.34. The molecule has 2 N–H and O–H groups in total. The highest BCUT2D eigenvalue weighted by atomic mass is 32.2. The van der Waals surface area contributed by atoms with Gasteiger partial charge in [-0.15, -0.1) is 0 Å². The zero-order valence-electron chi connectivity index (χ0n) is 10.4. The molecule has 19 heavy (non-hydrogen) atoms. The van der Waals surface area contributed by atoms with Crippen molar-refractivity contribution in [1.29, 1.82) is 0 Å². The molecule has 0 heterocycles. The lowest BCUT2D eigenvalue weighted by molar-refractivity contribution is 0.387. The van der Waals surface area contributed by atoms with Crippen LogP contribution in [-0.4, -0.2) is 30.3 Å². The highest BCUT2D eigenvalue weighted by molar-refractivity contribution is 7.89. The largest absolute Gasteiger partial charge is 0.392 e. The molecule has 8 heteroatoms. The van der Waals surface area contributed by atoms with Gasteiger partial charge in [0.1, 0.15) is 16.5 Å². The molecule has 0 aliphatic carbocycles. The number of nitrogens with zero attached hydrogens (tertiary/aromatic N) is 1. The van der Waals surface area contributed by atoms with Crippen LogP contribution >= 0.6 is 12.2 Å². The lowest BCUT2D eigenvalue weighted by atomic mass is 10.3. The number of hydrogen-bond donors (Lipinski definition) is 1. The van der Waals surface area contributed by atoms with Crippen LogP contribution in [0.5, 0.6) is 0 Å². The maximum absolute atomic E-state index is 13.6. The quantitative estimate of drug-likeness (QED) is 0.840. The summed E-state index contributed by atoms with van der Waals surface area (Å²) in [6, 6.07) is 1.76. The third kappa shape index (κ3) is 3.68. The van der Waals surface area contributed by atoms with Crippen molar-refractivity contribution in [2.75, 3.05) is 6.54 Å². The Morgan fingerprint density at radius 1 is 1.42 bits per heavy atom. The van der Waals surface area contributed by atoms with Gasteiger partial charge in [0, 0.05) is 6.04 Å². The molecule has 1 aromatic carbocycles. The highest BCUT2D eigenvalue weighted by Crippen LogP contribution is 2.22. The maximum atomic E-state index is 13.6. The predicted octanol–water partition coefficient (Wildman–Crippen LogP) is 1.65. The molecular weight excluding hydrogens is 294 g/mol. The van der Waals surface area contributed by atoms with Crippen molar-refractivity contribution in [3.63, 3.8) is 0 Å². The van der Waals surface area contributed by atoms with Crippen molar-refractivity contribution in [1.82, 2.24) is 4.31 Å². The Hall–Kier alpha value is -1.12. The smallest absolute Gasteiger partial charge is 0.246 e. The number of sulfonamides is 1. The van der Waals surface area contributed by atoms with Crippen LogP contribution in [0.4, 0.5) is 8.78 Å². The topological polar surface area (TPSA) is 63.4 Å². The Bertz CT molecular complexity index is 588. The van der Waals surface area contributed by atoms with Crippen LogP contribution in [0, 0.1) is 11.6 Å². The minimum Gasteiger partial charge on any atom is -0.392 e. The van der Waals surface area contributed by atoms with E-state index in [1.54, 1.807) is 13.8 Å². The van der Waals surface area contributed by atoms with E-state index in [9.17, 15) is 17.2 Å². The molecule has 0 spiro atoms. The third-order valence-corrected chi connectivity index (χ3v) is 4.53. The van der Waals surface area contributed by atoms with Crippen LogP contribution in [0.15, 0.2) is 23.1 Å². The molecule has 1 aromatic rings. The predicted molar refractivity (Wildman–Crippen MR) is 72.2 cm³/mol. The summed E-state index contributed by atoms with van der Waals surface area (Å²) in [4.78, 5) is -0.772. The molecule has 0 atom stereocenters. The molecule has 0 radical (unpaired) electrons. The van der Waals surface area contributed by atoms with Crippen LogP contribution in [0.3, 0.4) is 0 Å². The number of halogens is 2. The second kappa shape index (κ2) is 5.89. The molecule has 106 valence electrons. The summed E-state index contributed by atoms with van der Waals surface area (Å²) in [5.41, 5.74) is 5.33. The van der Waals surface area contributed by atoms with Gasteiger partial charge in [-0.2, -0.15) is 4.31 Å². The average Bonchev–Trinajstić information content (AvgIpc) is 2.28. The molecule has 0 amide bonds. The summed E-state index contributed by atoms with van der Waals surface area (Å²) < 4.78 is 52.2. The van der Waals surface area contributed by atoms with E-state index in [1.165, 1.54) is 0 Å². The Morgan fingerprint density at radius 2 is 2.00 bits per heavy atom. The van der Waals surface area contributed by atoms with Crippen molar-refractivity contribution in [3.8, 4) is 0 Å². The number of nitrogens with two attached hydrogens (primary N) is 1. The Morgan fingerprint density at radius 3 is 2.47 bits per heavy atom. The van der Waals surface area contributed by atoms with Crippen LogP contribution in [0.25, 0.3) is 0 Å². The zero-order chi connectivity index (χ0) is 14.8. The van der Waals surface area contributed by atoms with Gasteiger partial charge >= 0.3 is 0 Å². The van der Waals surface area contributed by atoms with Gasteiger partial charge < -0.3 is 5.73 Å². The second-order valence-corrected chi connectivity index (χ2v) is 6.57. The van der Waals surface area contributed by atoms with Gasteiger partial charge in [0.15, 0.2) is 0 Å². The number of benzene rings is 1. The Labute approximate surface area is 116 Å². The molecule has 4 nitrogen and oxygen atoms in total. The van der Waals surface area contributed by atoms with E-state index >= 15 is 0 Å². The average molecular weight is 308 g/mol. The first kappa shape index (κ1) is 15.9. The molecule has 1 rings (SSSR count). The highest BCUT2D eigenvalue weighted by Gasteiger charge is 2.30. The van der Waals surface area contributed by atoms with E-state index in [2.05, 4.69) is 12.2 Å². The van der Waals surface area contributed by atoms with Gasteiger partial charge in [-0.3, -0.25) is 0 Å². The molecule has 0 bridgehead atoms. The van der Waals surface area contributed by atoms with Gasteiger partial charge in [0.2, 0.25) is 10.0 Å². The van der Waals surface area contributed by atoms with Crippen LogP contribution in [-0.2, 0) is 10.0 Å². The zero-order valence-corrected chi connectivity index (χ0v) is 12.1. The van der Waals surface area contributed by atoms with Crippen molar-refractivity contribution in [2.24, 2.45) is 5.73 Å². The molecule has 0 unspecified atom stereocenters. The van der Waals surface area contributed by atoms with Crippen LogP contribution < -0.4 is 5.73 Å². The van der Waals surface area contributed by atoms with Crippen LogP contribution in [0.1, 0.15) is 13.8 Å². The van der Waals surface area contributed by atoms with E-state index in [-0.39, 0.29) is 11.5 Å². The summed E-state index contributed by atoms with van der Waals surface area (Å²) in [6.07, 6.45) is 0. The molecule has 0 fully saturated rings. The van der Waals surface area contributed by atoms with Crippen LogP contribution in [0.2, 0.25) is 0 Å². The normalized spacial score (nSPS) is 12.1. The first-order chi connectivity index (χ1) is 8.66. The van der Waals surface area contributed by atoms with Crippen molar-refractivity contribution in [3.05, 3.63) is 29.8 Å². The van der Waals surface area contributed by atoms with E-state index in [1.807, 2.05) is 0 Å². The number of hydrogen-bond acceptors (Lipinski definition) is 3. The minimum absolute atomic E-state index is 0.0471. The van der Waals surface area contributed by atoms with Gasteiger partial charge in [-0.25, -0.2) is 17.2 Å².